The standard InChI is InChI=1S/C21H10BrCl2N3O2S/c22-12-3-1-2-11(8-12)17-7-5-14(29-17)10-18-20(28)27-21(30-18)25-19(26-27)15-6-4-13(23)9-16(15)24/h1-10H. The number of fused-ring (bicyclic) bond motifs is 1. The van der Waals surface area contributed by atoms with Crippen LogP contribution in [0.2, 0.25) is 10.0 Å². The lowest BCUT2D eigenvalue weighted by Crippen LogP contribution is -2.23. The number of hydrogen-bond donors (Lipinski definition) is 0. The Labute approximate surface area is 192 Å². The fourth-order valence-corrected chi connectivity index (χ4v) is 4.76. The van der Waals surface area contributed by atoms with Gasteiger partial charge in [-0.2, -0.15) is 9.50 Å². The van der Waals surface area contributed by atoms with Crippen LogP contribution >= 0.6 is 50.5 Å². The lowest BCUT2D eigenvalue weighted by Gasteiger charge is -1.98. The maximum absolute atomic E-state index is 12.8. The second-order valence-electron chi connectivity index (χ2n) is 6.38. The van der Waals surface area contributed by atoms with Crippen molar-refractivity contribution in [2.45, 2.75) is 0 Å². The highest BCUT2D eigenvalue weighted by Gasteiger charge is 2.15. The van der Waals surface area contributed by atoms with E-state index < -0.39 is 0 Å². The van der Waals surface area contributed by atoms with Gasteiger partial charge in [0.25, 0.3) is 5.56 Å². The molecule has 0 atom stereocenters. The molecular weight excluding hydrogens is 509 g/mol. The molecule has 0 unspecified atom stereocenters. The summed E-state index contributed by atoms with van der Waals surface area (Å²) in [6.45, 7) is 0. The number of aromatic nitrogens is 3. The SMILES string of the molecule is O=c1c(=Cc2ccc(-c3cccc(Br)c3)o2)sc2nc(-c3ccc(Cl)cc3Cl)nn12. The Hall–Kier alpha value is -2.45. The van der Waals surface area contributed by atoms with E-state index in [0.717, 1.165) is 10.0 Å². The van der Waals surface area contributed by atoms with Crippen LogP contribution in [-0.2, 0) is 0 Å². The van der Waals surface area contributed by atoms with Gasteiger partial charge < -0.3 is 4.42 Å². The van der Waals surface area contributed by atoms with Crippen LogP contribution in [0.4, 0.5) is 0 Å². The van der Waals surface area contributed by atoms with Gasteiger partial charge in [-0.3, -0.25) is 4.79 Å². The van der Waals surface area contributed by atoms with E-state index in [-0.39, 0.29) is 5.56 Å². The molecule has 148 valence electrons. The van der Waals surface area contributed by atoms with E-state index in [1.165, 1.54) is 15.9 Å². The highest BCUT2D eigenvalue weighted by Crippen LogP contribution is 2.29. The lowest BCUT2D eigenvalue weighted by atomic mass is 10.2. The minimum atomic E-state index is -0.265. The predicted octanol–water partition coefficient (Wildman–Crippen LogP) is 5.70. The number of nitrogens with zero attached hydrogens (tertiary/aromatic N) is 3. The number of halogens is 3. The van der Waals surface area contributed by atoms with Crippen LogP contribution in [0.25, 0.3) is 33.7 Å². The molecule has 0 fully saturated rings. The van der Waals surface area contributed by atoms with E-state index in [1.54, 1.807) is 24.3 Å². The number of hydrogen-bond acceptors (Lipinski definition) is 5. The Morgan fingerprint density at radius 2 is 1.97 bits per heavy atom. The molecule has 0 aliphatic carbocycles. The maximum Gasteiger partial charge on any atom is 0.291 e. The van der Waals surface area contributed by atoms with Gasteiger partial charge in [0.1, 0.15) is 16.1 Å². The Balaban J connectivity index is 1.53. The van der Waals surface area contributed by atoms with Crippen molar-refractivity contribution in [3.05, 3.63) is 89.8 Å². The second kappa shape index (κ2) is 7.67. The molecule has 0 saturated carbocycles. The highest BCUT2D eigenvalue weighted by molar-refractivity contribution is 9.10. The number of furan rings is 1. The van der Waals surface area contributed by atoms with Gasteiger partial charge in [0.15, 0.2) is 5.82 Å². The van der Waals surface area contributed by atoms with Crippen molar-refractivity contribution in [2.24, 2.45) is 0 Å². The number of benzene rings is 2. The van der Waals surface area contributed by atoms with Crippen LogP contribution in [0.5, 0.6) is 0 Å². The molecule has 3 aromatic heterocycles. The zero-order valence-corrected chi connectivity index (χ0v) is 18.9. The van der Waals surface area contributed by atoms with Crippen LogP contribution in [0.15, 0.2) is 68.3 Å². The molecule has 0 amide bonds. The number of rotatable bonds is 3. The summed E-state index contributed by atoms with van der Waals surface area (Å²) in [5.41, 5.74) is 1.30. The van der Waals surface area contributed by atoms with Crippen LogP contribution in [0.3, 0.4) is 0 Å². The van der Waals surface area contributed by atoms with Crippen molar-refractivity contribution < 1.29 is 4.42 Å². The molecular formula is C21H10BrCl2N3O2S. The van der Waals surface area contributed by atoms with Gasteiger partial charge in [0, 0.05) is 26.7 Å². The van der Waals surface area contributed by atoms with Crippen molar-refractivity contribution in [1.82, 2.24) is 14.6 Å². The zero-order valence-electron chi connectivity index (χ0n) is 15.0. The highest BCUT2D eigenvalue weighted by atomic mass is 79.9. The van der Waals surface area contributed by atoms with Gasteiger partial charge in [0.2, 0.25) is 4.96 Å². The first-order chi connectivity index (χ1) is 14.5. The molecule has 0 radical (unpaired) electrons. The summed E-state index contributed by atoms with van der Waals surface area (Å²) in [7, 11) is 0. The molecule has 9 heteroatoms. The van der Waals surface area contributed by atoms with Crippen LogP contribution in [-0.4, -0.2) is 14.6 Å². The summed E-state index contributed by atoms with van der Waals surface area (Å²) in [5, 5.41) is 5.26. The Kier molecular flexibility index (Phi) is 4.99. The predicted molar refractivity (Wildman–Crippen MR) is 123 cm³/mol. The van der Waals surface area contributed by atoms with Crippen molar-refractivity contribution in [3.8, 4) is 22.7 Å². The minimum Gasteiger partial charge on any atom is -0.457 e. The van der Waals surface area contributed by atoms with E-state index >= 15 is 0 Å². The summed E-state index contributed by atoms with van der Waals surface area (Å²) in [5.74, 6) is 1.67. The fraction of sp³-hybridized carbons (Fsp3) is 0. The summed E-state index contributed by atoms with van der Waals surface area (Å²) < 4.78 is 8.60. The molecule has 2 aromatic carbocycles. The Bertz CT molecular complexity index is 1520. The van der Waals surface area contributed by atoms with Crippen LogP contribution < -0.4 is 10.1 Å². The molecule has 0 saturated heterocycles. The van der Waals surface area contributed by atoms with Crippen LogP contribution in [0, 0.1) is 0 Å². The van der Waals surface area contributed by atoms with Crippen molar-refractivity contribution in [3.63, 3.8) is 0 Å². The summed E-state index contributed by atoms with van der Waals surface area (Å²) in [4.78, 5) is 17.7. The third-order valence-corrected chi connectivity index (χ3v) is 6.36. The van der Waals surface area contributed by atoms with Gasteiger partial charge in [0.05, 0.1) is 5.02 Å². The van der Waals surface area contributed by atoms with E-state index in [4.69, 9.17) is 27.6 Å². The molecule has 3 heterocycles. The van der Waals surface area contributed by atoms with Gasteiger partial charge in [-0.15, -0.1) is 5.10 Å². The molecule has 0 N–H and O–H groups in total. The van der Waals surface area contributed by atoms with Crippen LogP contribution in [0.1, 0.15) is 5.76 Å². The van der Waals surface area contributed by atoms with Gasteiger partial charge >= 0.3 is 0 Å². The molecule has 5 aromatic rings. The third-order valence-electron chi connectivity index (χ3n) is 4.36. The Morgan fingerprint density at radius 3 is 2.73 bits per heavy atom. The first-order valence-corrected chi connectivity index (χ1v) is 11.1. The molecule has 0 bridgehead atoms. The zero-order chi connectivity index (χ0) is 20.8. The molecule has 30 heavy (non-hydrogen) atoms. The lowest BCUT2D eigenvalue weighted by molar-refractivity contribution is 0.571. The number of thiazole rings is 1. The van der Waals surface area contributed by atoms with E-state index in [0.29, 0.717) is 42.4 Å². The van der Waals surface area contributed by atoms with Crippen molar-refractivity contribution in [1.29, 1.82) is 0 Å². The fourth-order valence-electron chi connectivity index (χ4n) is 2.98. The quantitative estimate of drug-likeness (QED) is 0.307. The molecule has 0 aliphatic rings. The normalized spacial score (nSPS) is 12.2. The maximum atomic E-state index is 12.8. The molecule has 5 rings (SSSR count). The average molecular weight is 519 g/mol. The minimum absolute atomic E-state index is 0.265. The molecule has 0 spiro atoms. The van der Waals surface area contributed by atoms with Crippen molar-refractivity contribution in [2.75, 3.05) is 0 Å². The van der Waals surface area contributed by atoms with Gasteiger partial charge in [-0.1, -0.05) is 62.6 Å². The largest absolute Gasteiger partial charge is 0.457 e. The second-order valence-corrected chi connectivity index (χ2v) is 9.15. The summed E-state index contributed by atoms with van der Waals surface area (Å²) >= 11 is 16.9. The summed E-state index contributed by atoms with van der Waals surface area (Å²) in [6.07, 6.45) is 1.69. The van der Waals surface area contributed by atoms with Gasteiger partial charge in [-0.05, 0) is 42.5 Å². The van der Waals surface area contributed by atoms with E-state index in [2.05, 4.69) is 26.0 Å². The Morgan fingerprint density at radius 1 is 1.10 bits per heavy atom. The first-order valence-electron chi connectivity index (χ1n) is 8.70. The first kappa shape index (κ1) is 19.5. The molecule has 5 nitrogen and oxygen atoms in total. The monoisotopic (exact) mass is 517 g/mol. The van der Waals surface area contributed by atoms with E-state index in [1.807, 2.05) is 36.4 Å². The molecule has 0 aliphatic heterocycles. The summed E-state index contributed by atoms with van der Waals surface area (Å²) in [6, 6.07) is 16.6. The topological polar surface area (TPSA) is 60.4 Å². The third kappa shape index (κ3) is 3.58. The van der Waals surface area contributed by atoms with Crippen molar-refractivity contribution >= 4 is 61.5 Å². The van der Waals surface area contributed by atoms with Gasteiger partial charge in [-0.25, -0.2) is 0 Å². The smallest absolute Gasteiger partial charge is 0.291 e. The average Bonchev–Trinajstić information content (AvgIpc) is 3.40. The van der Waals surface area contributed by atoms with E-state index in [9.17, 15) is 4.79 Å².